The van der Waals surface area contributed by atoms with Crippen LogP contribution in [0.25, 0.3) is 0 Å². The van der Waals surface area contributed by atoms with Crippen molar-refractivity contribution in [3.63, 3.8) is 0 Å². The van der Waals surface area contributed by atoms with Crippen molar-refractivity contribution in [2.75, 3.05) is 19.7 Å². The monoisotopic (exact) mass is 270 g/mol. The molecule has 0 unspecified atom stereocenters. The normalized spacial score (nSPS) is 22.8. The molecular weight excluding hydrogens is 244 g/mol. The van der Waals surface area contributed by atoms with Gasteiger partial charge in [-0.1, -0.05) is 6.92 Å². The molecule has 0 radical (unpaired) electrons. The fourth-order valence-electron chi connectivity index (χ4n) is 2.41. The molecule has 1 rings (SSSR count). The molecule has 1 amide bonds. The van der Waals surface area contributed by atoms with E-state index in [1.54, 1.807) is 0 Å². The first-order valence-corrected chi connectivity index (χ1v) is 7.34. The first-order chi connectivity index (χ1) is 9.17. The number of ether oxygens (including phenoxy) is 1. The maximum absolute atomic E-state index is 11.7. The summed E-state index contributed by atoms with van der Waals surface area (Å²) in [5.41, 5.74) is 0. The molecule has 0 saturated heterocycles. The van der Waals surface area contributed by atoms with Gasteiger partial charge in [0.1, 0.15) is 0 Å². The fourth-order valence-corrected chi connectivity index (χ4v) is 2.41. The third-order valence-corrected chi connectivity index (χ3v) is 3.49. The molecule has 0 spiro atoms. The number of amides is 1. The molecule has 5 heteroatoms. The number of nitrogens with one attached hydrogen (secondary N) is 2. The van der Waals surface area contributed by atoms with Crippen molar-refractivity contribution in [1.29, 1.82) is 0 Å². The van der Waals surface area contributed by atoms with Crippen molar-refractivity contribution >= 4 is 11.9 Å². The van der Waals surface area contributed by atoms with Crippen LogP contribution in [0.15, 0.2) is 0 Å². The van der Waals surface area contributed by atoms with E-state index in [-0.39, 0.29) is 23.8 Å². The zero-order valence-electron chi connectivity index (χ0n) is 12.0. The van der Waals surface area contributed by atoms with E-state index in [9.17, 15) is 9.59 Å². The molecule has 2 N–H and O–H groups in total. The minimum atomic E-state index is -0.0839. The van der Waals surface area contributed by atoms with Crippen LogP contribution in [0.4, 0.5) is 0 Å². The lowest BCUT2D eigenvalue weighted by molar-refractivity contribution is -0.149. The van der Waals surface area contributed by atoms with Gasteiger partial charge in [-0.15, -0.1) is 0 Å². The standard InChI is InChI=1S/C14H26N2O3/c1-3-15-10-9-13(17)16-12-7-5-11(6-8-12)14(18)19-4-2/h11-12,15H,3-10H2,1-2H3,(H,16,17). The summed E-state index contributed by atoms with van der Waals surface area (Å²) >= 11 is 0. The first-order valence-electron chi connectivity index (χ1n) is 7.34. The predicted molar refractivity (Wildman–Crippen MR) is 73.7 cm³/mol. The van der Waals surface area contributed by atoms with Gasteiger partial charge in [-0.2, -0.15) is 0 Å². The highest BCUT2D eigenvalue weighted by molar-refractivity contribution is 5.76. The molecule has 19 heavy (non-hydrogen) atoms. The number of hydrogen-bond donors (Lipinski definition) is 2. The first kappa shape index (κ1) is 16.0. The molecule has 110 valence electrons. The maximum atomic E-state index is 11.7. The van der Waals surface area contributed by atoms with Gasteiger partial charge in [-0.05, 0) is 39.2 Å². The maximum Gasteiger partial charge on any atom is 0.308 e. The Morgan fingerprint density at radius 3 is 2.42 bits per heavy atom. The Morgan fingerprint density at radius 1 is 1.16 bits per heavy atom. The van der Waals surface area contributed by atoms with Gasteiger partial charge in [-0.25, -0.2) is 0 Å². The topological polar surface area (TPSA) is 67.4 Å². The summed E-state index contributed by atoms with van der Waals surface area (Å²) < 4.78 is 5.03. The predicted octanol–water partition coefficient (Wildman–Crippen LogP) is 1.22. The van der Waals surface area contributed by atoms with Crippen LogP contribution < -0.4 is 10.6 Å². The number of rotatable bonds is 7. The Bertz CT molecular complexity index is 286. The lowest BCUT2D eigenvalue weighted by atomic mass is 9.86. The molecule has 5 nitrogen and oxygen atoms in total. The number of carbonyl (C=O) groups is 2. The van der Waals surface area contributed by atoms with Crippen LogP contribution in [0.5, 0.6) is 0 Å². The van der Waals surface area contributed by atoms with Crippen molar-refractivity contribution in [1.82, 2.24) is 10.6 Å². The summed E-state index contributed by atoms with van der Waals surface area (Å²) in [5, 5.41) is 6.17. The van der Waals surface area contributed by atoms with Crippen LogP contribution >= 0.6 is 0 Å². The van der Waals surface area contributed by atoms with E-state index < -0.39 is 0 Å². The van der Waals surface area contributed by atoms with Gasteiger partial charge >= 0.3 is 5.97 Å². The molecule has 1 fully saturated rings. The van der Waals surface area contributed by atoms with E-state index in [1.807, 2.05) is 13.8 Å². The van der Waals surface area contributed by atoms with Gasteiger partial charge in [0.05, 0.1) is 12.5 Å². The fraction of sp³-hybridized carbons (Fsp3) is 0.857. The average molecular weight is 270 g/mol. The van der Waals surface area contributed by atoms with Crippen LogP contribution in [0.2, 0.25) is 0 Å². The zero-order valence-corrected chi connectivity index (χ0v) is 12.0. The highest BCUT2D eigenvalue weighted by Crippen LogP contribution is 2.25. The Labute approximate surface area is 115 Å². The molecule has 1 aliphatic carbocycles. The molecule has 0 bridgehead atoms. The third kappa shape index (κ3) is 6.05. The van der Waals surface area contributed by atoms with Crippen molar-refractivity contribution in [3.8, 4) is 0 Å². The second-order valence-electron chi connectivity index (χ2n) is 4.97. The molecule has 1 saturated carbocycles. The largest absolute Gasteiger partial charge is 0.466 e. The summed E-state index contributed by atoms with van der Waals surface area (Å²) in [4.78, 5) is 23.2. The molecule has 1 aliphatic rings. The highest BCUT2D eigenvalue weighted by atomic mass is 16.5. The minimum Gasteiger partial charge on any atom is -0.466 e. The summed E-state index contributed by atoms with van der Waals surface area (Å²) in [5.74, 6) is 0.0369. The second kappa shape index (κ2) is 8.91. The average Bonchev–Trinajstić information content (AvgIpc) is 2.40. The summed E-state index contributed by atoms with van der Waals surface area (Å²) in [6.45, 7) is 5.90. The van der Waals surface area contributed by atoms with Gasteiger partial charge in [-0.3, -0.25) is 9.59 Å². The van der Waals surface area contributed by atoms with E-state index >= 15 is 0 Å². The van der Waals surface area contributed by atoms with Crippen LogP contribution in [-0.2, 0) is 14.3 Å². The summed E-state index contributed by atoms with van der Waals surface area (Å²) in [6, 6.07) is 0.222. The molecule has 0 aromatic heterocycles. The van der Waals surface area contributed by atoms with Gasteiger partial charge in [0.2, 0.25) is 5.91 Å². The molecule has 0 aromatic carbocycles. The number of carbonyl (C=O) groups excluding carboxylic acids is 2. The summed E-state index contributed by atoms with van der Waals surface area (Å²) in [6.07, 6.45) is 3.90. The van der Waals surface area contributed by atoms with Crippen LogP contribution in [0.1, 0.15) is 46.0 Å². The smallest absolute Gasteiger partial charge is 0.308 e. The van der Waals surface area contributed by atoms with Gasteiger partial charge in [0.15, 0.2) is 0 Å². The van der Waals surface area contributed by atoms with E-state index in [4.69, 9.17) is 4.74 Å². The number of hydrogen-bond acceptors (Lipinski definition) is 4. The molecule has 0 aliphatic heterocycles. The van der Waals surface area contributed by atoms with Crippen molar-refractivity contribution in [3.05, 3.63) is 0 Å². The van der Waals surface area contributed by atoms with Crippen molar-refractivity contribution in [2.24, 2.45) is 5.92 Å². The van der Waals surface area contributed by atoms with Crippen LogP contribution in [0.3, 0.4) is 0 Å². The van der Waals surface area contributed by atoms with Gasteiger partial charge in [0, 0.05) is 19.0 Å². The Morgan fingerprint density at radius 2 is 1.84 bits per heavy atom. The van der Waals surface area contributed by atoms with Gasteiger partial charge in [0.25, 0.3) is 0 Å². The molecule has 0 aromatic rings. The van der Waals surface area contributed by atoms with E-state index in [0.717, 1.165) is 38.8 Å². The van der Waals surface area contributed by atoms with Crippen LogP contribution in [0, 0.1) is 5.92 Å². The van der Waals surface area contributed by atoms with Crippen molar-refractivity contribution in [2.45, 2.75) is 52.0 Å². The van der Waals surface area contributed by atoms with Gasteiger partial charge < -0.3 is 15.4 Å². The highest BCUT2D eigenvalue weighted by Gasteiger charge is 2.27. The second-order valence-corrected chi connectivity index (χ2v) is 4.97. The molecular formula is C14H26N2O3. The molecule has 0 heterocycles. The Hall–Kier alpha value is -1.10. The quantitative estimate of drug-likeness (QED) is 0.539. The van der Waals surface area contributed by atoms with Crippen molar-refractivity contribution < 1.29 is 14.3 Å². The lowest BCUT2D eigenvalue weighted by Gasteiger charge is -2.27. The molecule has 0 atom stereocenters. The zero-order chi connectivity index (χ0) is 14.1. The lowest BCUT2D eigenvalue weighted by Crippen LogP contribution is -2.39. The number of esters is 1. The van der Waals surface area contributed by atoms with E-state index in [1.165, 1.54) is 0 Å². The Balaban J connectivity index is 2.19. The Kier molecular flexibility index (Phi) is 7.48. The van der Waals surface area contributed by atoms with Crippen LogP contribution in [-0.4, -0.2) is 37.6 Å². The third-order valence-electron chi connectivity index (χ3n) is 3.49. The summed E-state index contributed by atoms with van der Waals surface area (Å²) in [7, 11) is 0. The van der Waals surface area contributed by atoms with E-state index in [2.05, 4.69) is 10.6 Å². The van der Waals surface area contributed by atoms with E-state index in [0.29, 0.717) is 13.0 Å². The SMILES string of the molecule is CCNCCC(=O)NC1CCC(C(=O)OCC)CC1. The minimum absolute atomic E-state index is 0.0230.